The minimum atomic E-state index is -1.97. The average molecular weight is 472 g/mol. The van der Waals surface area contributed by atoms with Crippen molar-refractivity contribution in [1.82, 2.24) is 9.21 Å². The molecule has 2 aliphatic rings. The first kappa shape index (κ1) is 24.2. The molecule has 2 N–H and O–H groups in total. The number of hydrogen-bond acceptors (Lipinski definition) is 3. The van der Waals surface area contributed by atoms with Crippen molar-refractivity contribution in [1.29, 1.82) is 5.41 Å². The second kappa shape index (κ2) is 11.0. The number of halogens is 1. The summed E-state index contributed by atoms with van der Waals surface area (Å²) in [6, 6.07) is 11.0. The molecule has 0 radical (unpaired) electrons. The van der Waals surface area contributed by atoms with Crippen LogP contribution in [0.4, 0.5) is 4.39 Å². The first-order valence-electron chi connectivity index (χ1n) is 11.9. The predicted molar refractivity (Wildman–Crippen MR) is 131 cm³/mol. The van der Waals surface area contributed by atoms with Gasteiger partial charge in [0.15, 0.2) is 0 Å². The molecule has 2 atom stereocenters. The number of nitrogens with zero attached hydrogens (tertiary/aromatic N) is 2. The number of hydrogen-bond donors (Lipinski definition) is 2. The van der Waals surface area contributed by atoms with Gasteiger partial charge < -0.3 is 5.41 Å². The van der Waals surface area contributed by atoms with E-state index in [2.05, 4.69) is 24.0 Å². The summed E-state index contributed by atoms with van der Waals surface area (Å²) in [5.74, 6) is 0.514. The van der Waals surface area contributed by atoms with Crippen molar-refractivity contribution in [3.63, 3.8) is 0 Å². The summed E-state index contributed by atoms with van der Waals surface area (Å²) < 4.78 is 36.3. The molecule has 7 heteroatoms. The zero-order chi connectivity index (χ0) is 23.4. The van der Waals surface area contributed by atoms with Crippen LogP contribution >= 0.6 is 0 Å². The Morgan fingerprint density at radius 3 is 2.58 bits per heavy atom. The van der Waals surface area contributed by atoms with Gasteiger partial charge in [-0.15, -0.1) is 0 Å². The molecule has 1 heterocycles. The van der Waals surface area contributed by atoms with E-state index in [4.69, 9.17) is 5.41 Å². The van der Waals surface area contributed by atoms with Crippen molar-refractivity contribution in [3.8, 4) is 0 Å². The molecule has 1 unspecified atom stereocenters. The van der Waals surface area contributed by atoms with Gasteiger partial charge in [0, 0.05) is 38.4 Å². The highest BCUT2D eigenvalue weighted by Crippen LogP contribution is 2.34. The smallest absolute Gasteiger partial charge is 0.234 e. The molecule has 1 aliphatic heterocycles. The van der Waals surface area contributed by atoms with E-state index in [0.29, 0.717) is 13.1 Å². The summed E-state index contributed by atoms with van der Waals surface area (Å²) in [5.41, 5.74) is 5.52. The van der Waals surface area contributed by atoms with Gasteiger partial charge in [0.25, 0.3) is 0 Å². The molecule has 178 valence electrons. The Kier molecular flexibility index (Phi) is 8.07. The first-order valence-corrected chi connectivity index (χ1v) is 13.0. The molecule has 2 aromatic carbocycles. The van der Waals surface area contributed by atoms with Crippen molar-refractivity contribution in [3.05, 3.63) is 70.0 Å². The average Bonchev–Trinajstić information content (AvgIpc) is 2.78. The third kappa shape index (κ3) is 5.96. The normalized spacial score (nSPS) is 21.0. The van der Waals surface area contributed by atoms with E-state index < -0.39 is 11.3 Å². The molecule has 1 aliphatic carbocycles. The zero-order valence-electron chi connectivity index (χ0n) is 19.3. The lowest BCUT2D eigenvalue weighted by atomic mass is 9.84. The SMILES string of the molecule is Cc1cc(CCCc2ccc(F)cc2)c(C=N)cc1[C@@H]1CN(S(=O)O)CCN1CC1CCC1. The van der Waals surface area contributed by atoms with Gasteiger partial charge in [0.1, 0.15) is 5.82 Å². The van der Waals surface area contributed by atoms with Crippen LogP contribution < -0.4 is 0 Å². The number of nitrogens with one attached hydrogen (secondary N) is 1. The van der Waals surface area contributed by atoms with Gasteiger partial charge in [-0.2, -0.15) is 4.31 Å². The first-order chi connectivity index (χ1) is 15.9. The summed E-state index contributed by atoms with van der Waals surface area (Å²) in [6.07, 6.45) is 7.93. The molecule has 33 heavy (non-hydrogen) atoms. The maximum atomic E-state index is 13.1. The van der Waals surface area contributed by atoms with Gasteiger partial charge in [0.2, 0.25) is 11.3 Å². The van der Waals surface area contributed by atoms with E-state index in [-0.39, 0.29) is 11.9 Å². The lowest BCUT2D eigenvalue weighted by molar-refractivity contribution is 0.0801. The quantitative estimate of drug-likeness (QED) is 0.404. The molecule has 1 saturated heterocycles. The Morgan fingerprint density at radius 1 is 1.18 bits per heavy atom. The van der Waals surface area contributed by atoms with E-state index in [0.717, 1.165) is 60.5 Å². The van der Waals surface area contributed by atoms with Gasteiger partial charge >= 0.3 is 0 Å². The van der Waals surface area contributed by atoms with Crippen molar-refractivity contribution in [2.75, 3.05) is 26.2 Å². The Balaban J connectivity index is 1.51. The lowest BCUT2D eigenvalue weighted by Gasteiger charge is -2.43. The summed E-state index contributed by atoms with van der Waals surface area (Å²) in [6.45, 7) is 5.06. The van der Waals surface area contributed by atoms with Crippen LogP contribution in [0.2, 0.25) is 0 Å². The second-order valence-corrected chi connectivity index (χ2v) is 10.4. The lowest BCUT2D eigenvalue weighted by Crippen LogP contribution is -2.50. The highest BCUT2D eigenvalue weighted by molar-refractivity contribution is 7.76. The third-order valence-electron chi connectivity index (χ3n) is 7.26. The molecule has 4 rings (SSSR count). The highest BCUT2D eigenvalue weighted by Gasteiger charge is 2.34. The monoisotopic (exact) mass is 471 g/mol. The maximum absolute atomic E-state index is 13.1. The van der Waals surface area contributed by atoms with E-state index >= 15 is 0 Å². The minimum Gasteiger partial charge on any atom is -0.308 e. The van der Waals surface area contributed by atoms with Crippen LogP contribution in [0.3, 0.4) is 0 Å². The van der Waals surface area contributed by atoms with Crippen molar-refractivity contribution >= 4 is 17.5 Å². The van der Waals surface area contributed by atoms with Gasteiger partial charge in [-0.25, -0.2) is 8.60 Å². The number of aryl methyl sites for hydroxylation is 3. The van der Waals surface area contributed by atoms with E-state index in [9.17, 15) is 13.2 Å². The number of piperazine rings is 1. The van der Waals surface area contributed by atoms with Crippen LogP contribution in [0.5, 0.6) is 0 Å². The Labute approximate surface area is 198 Å². The molecule has 0 bridgehead atoms. The van der Waals surface area contributed by atoms with Crippen LogP contribution in [0.25, 0.3) is 0 Å². The fraction of sp³-hybridized carbons (Fsp3) is 0.500. The molecule has 5 nitrogen and oxygen atoms in total. The van der Waals surface area contributed by atoms with Crippen LogP contribution in [0.15, 0.2) is 36.4 Å². The molecule has 1 saturated carbocycles. The van der Waals surface area contributed by atoms with Crippen molar-refractivity contribution in [2.45, 2.75) is 51.5 Å². The molecule has 0 spiro atoms. The van der Waals surface area contributed by atoms with Crippen molar-refractivity contribution < 1.29 is 13.2 Å². The summed E-state index contributed by atoms with van der Waals surface area (Å²) in [4.78, 5) is 2.48. The van der Waals surface area contributed by atoms with Gasteiger partial charge in [-0.3, -0.25) is 9.45 Å². The van der Waals surface area contributed by atoms with E-state index in [1.165, 1.54) is 43.2 Å². The number of benzene rings is 2. The number of rotatable bonds is 9. The van der Waals surface area contributed by atoms with Crippen LogP contribution in [-0.4, -0.2) is 50.4 Å². The predicted octanol–water partition coefficient (Wildman–Crippen LogP) is 4.90. The standard InChI is InChI=1S/C26H34FN3O2S/c1-19-14-22(7-3-4-20-8-10-24(27)11-9-20)23(16-28)15-25(19)26-18-30(33(31)32)13-12-29(26)17-21-5-2-6-21/h8-11,14-16,21,26,28H,2-7,12-13,17-18H2,1H3,(H,31,32)/t26-/m0/s1. The molecule has 2 aromatic rings. The fourth-order valence-electron chi connectivity index (χ4n) is 5.10. The molecular weight excluding hydrogens is 437 g/mol. The van der Waals surface area contributed by atoms with Gasteiger partial charge in [0.05, 0.1) is 0 Å². The van der Waals surface area contributed by atoms with E-state index in [1.54, 1.807) is 4.31 Å². The summed E-state index contributed by atoms with van der Waals surface area (Å²) in [7, 11) is 0. The third-order valence-corrected chi connectivity index (χ3v) is 8.03. The Bertz CT molecular complexity index is 994. The second-order valence-electron chi connectivity index (χ2n) is 9.46. The zero-order valence-corrected chi connectivity index (χ0v) is 20.1. The summed E-state index contributed by atoms with van der Waals surface area (Å²) in [5, 5.41) is 8.02. The Morgan fingerprint density at radius 2 is 1.94 bits per heavy atom. The molecular formula is C26H34FN3O2S. The molecule has 0 amide bonds. The fourth-order valence-corrected chi connectivity index (χ4v) is 5.61. The van der Waals surface area contributed by atoms with Gasteiger partial charge in [-0.1, -0.05) is 24.6 Å². The van der Waals surface area contributed by atoms with Crippen LogP contribution in [0, 0.1) is 24.1 Å². The summed E-state index contributed by atoms with van der Waals surface area (Å²) >= 11 is -1.97. The molecule has 2 fully saturated rings. The maximum Gasteiger partial charge on any atom is 0.234 e. The van der Waals surface area contributed by atoms with Crippen LogP contribution in [-0.2, 0) is 24.1 Å². The van der Waals surface area contributed by atoms with Crippen molar-refractivity contribution in [2.24, 2.45) is 5.92 Å². The Hall–Kier alpha value is -1.93. The van der Waals surface area contributed by atoms with E-state index in [1.807, 2.05) is 12.1 Å². The minimum absolute atomic E-state index is 0.0578. The van der Waals surface area contributed by atoms with Crippen LogP contribution in [0.1, 0.15) is 59.5 Å². The van der Waals surface area contributed by atoms with Gasteiger partial charge in [-0.05, 0) is 91.0 Å². The molecule has 0 aromatic heterocycles. The largest absolute Gasteiger partial charge is 0.308 e. The highest BCUT2D eigenvalue weighted by atomic mass is 32.2. The topological polar surface area (TPSA) is 67.6 Å².